The van der Waals surface area contributed by atoms with Crippen molar-refractivity contribution in [3.63, 3.8) is 0 Å². The molecule has 1 aromatic heterocycles. The molecule has 1 aliphatic heterocycles. The number of ketones is 2. The first-order valence-corrected chi connectivity index (χ1v) is 17.3. The van der Waals surface area contributed by atoms with E-state index in [4.69, 9.17) is 4.74 Å². The Bertz CT molecular complexity index is 1980. The summed E-state index contributed by atoms with van der Waals surface area (Å²) in [6, 6.07) is 44.9. The molecule has 0 fully saturated rings. The molecule has 2 aliphatic carbocycles. The van der Waals surface area contributed by atoms with Crippen molar-refractivity contribution in [3.8, 4) is 10.4 Å². The second kappa shape index (κ2) is 12.6. The Kier molecular flexibility index (Phi) is 7.88. The zero-order chi connectivity index (χ0) is 31.7. The average molecular weight is 631 g/mol. The second-order valence-electron chi connectivity index (χ2n) is 12.4. The topological polar surface area (TPSA) is 43.4 Å². The molecule has 0 bridgehead atoms. The highest BCUT2D eigenvalue weighted by atomic mass is 32.1. The van der Waals surface area contributed by atoms with E-state index in [2.05, 4.69) is 127 Å². The van der Waals surface area contributed by atoms with Crippen LogP contribution in [0.3, 0.4) is 0 Å². The summed E-state index contributed by atoms with van der Waals surface area (Å²) in [5, 5.41) is 0. The van der Waals surface area contributed by atoms with Gasteiger partial charge in [-0.25, -0.2) is 0 Å². The standard InChI is InChI=1S/C43H34O3S/c44-33-18-10-20-35-41(33)43(42-34(45)19-11-21-36(42)46-35)38-27-26-37(47-38)28-22-24-32(25-23-28)40(31-16-8-3-9-17-31)39(29-12-4-1-5-13-29)30-14-6-2-7-15-30/h1-9,12-17,22-27,43H,10-11,18-21H2. The molecule has 4 aromatic carbocycles. The number of allylic oxidation sites excluding steroid dienone is 4. The molecule has 5 aromatic rings. The van der Waals surface area contributed by atoms with E-state index in [0.717, 1.165) is 74.8 Å². The van der Waals surface area contributed by atoms with Crippen molar-refractivity contribution in [1.82, 2.24) is 0 Å². The summed E-state index contributed by atoms with van der Waals surface area (Å²) in [6.07, 6.45) is 4.15. The second-order valence-corrected chi connectivity index (χ2v) is 13.5. The van der Waals surface area contributed by atoms with E-state index in [0.29, 0.717) is 24.0 Å². The van der Waals surface area contributed by atoms with Crippen LogP contribution in [0, 0.1) is 0 Å². The van der Waals surface area contributed by atoms with Crippen LogP contribution in [0.2, 0.25) is 0 Å². The van der Waals surface area contributed by atoms with Gasteiger partial charge >= 0.3 is 0 Å². The van der Waals surface area contributed by atoms with Crippen LogP contribution in [0.1, 0.15) is 71.6 Å². The summed E-state index contributed by atoms with van der Waals surface area (Å²) in [6.45, 7) is 0. The summed E-state index contributed by atoms with van der Waals surface area (Å²) in [4.78, 5) is 28.7. The molecule has 3 nitrogen and oxygen atoms in total. The van der Waals surface area contributed by atoms with E-state index in [1.807, 2.05) is 0 Å². The molecular weight excluding hydrogens is 597 g/mol. The predicted molar refractivity (Wildman–Crippen MR) is 190 cm³/mol. The molecule has 0 N–H and O–H groups in total. The molecule has 0 saturated heterocycles. The number of hydrogen-bond acceptors (Lipinski definition) is 4. The molecular formula is C43H34O3S. The molecule has 47 heavy (non-hydrogen) atoms. The van der Waals surface area contributed by atoms with Gasteiger partial charge in [-0.3, -0.25) is 9.59 Å². The summed E-state index contributed by atoms with van der Waals surface area (Å²) in [5.74, 6) is 1.49. The van der Waals surface area contributed by atoms with Crippen LogP contribution in [0.5, 0.6) is 0 Å². The van der Waals surface area contributed by atoms with E-state index >= 15 is 0 Å². The van der Waals surface area contributed by atoms with E-state index in [-0.39, 0.29) is 17.5 Å². The van der Waals surface area contributed by atoms with Gasteiger partial charge in [-0.1, -0.05) is 115 Å². The van der Waals surface area contributed by atoms with Gasteiger partial charge in [-0.15, -0.1) is 11.3 Å². The van der Waals surface area contributed by atoms with E-state index in [1.54, 1.807) is 11.3 Å². The molecule has 0 radical (unpaired) electrons. The predicted octanol–water partition coefficient (Wildman–Crippen LogP) is 10.6. The number of ether oxygens (including phenoxy) is 1. The summed E-state index contributed by atoms with van der Waals surface area (Å²) >= 11 is 1.68. The first-order chi connectivity index (χ1) is 23.2. The monoisotopic (exact) mass is 630 g/mol. The molecule has 230 valence electrons. The third-order valence-electron chi connectivity index (χ3n) is 9.45. The summed E-state index contributed by atoms with van der Waals surface area (Å²) in [7, 11) is 0. The zero-order valence-electron chi connectivity index (χ0n) is 26.1. The fourth-order valence-corrected chi connectivity index (χ4v) is 8.43. The molecule has 4 heteroatoms. The van der Waals surface area contributed by atoms with Crippen LogP contribution in [0.25, 0.3) is 21.6 Å². The normalized spacial score (nSPS) is 16.4. The highest BCUT2D eigenvalue weighted by Crippen LogP contribution is 2.50. The molecule has 2 heterocycles. The first kappa shape index (κ1) is 29.3. The fourth-order valence-electron chi connectivity index (χ4n) is 7.29. The molecule has 3 aliphatic rings. The molecule has 0 saturated carbocycles. The average Bonchev–Trinajstić information content (AvgIpc) is 3.61. The number of carbonyl (C=O) groups excluding carboxylic acids is 2. The van der Waals surface area contributed by atoms with Gasteiger partial charge in [0.1, 0.15) is 11.5 Å². The maximum absolute atomic E-state index is 13.3. The quantitative estimate of drug-likeness (QED) is 0.175. The molecule has 0 amide bonds. The molecule has 0 atom stereocenters. The number of rotatable bonds is 6. The lowest BCUT2D eigenvalue weighted by molar-refractivity contribution is -0.117. The number of carbonyl (C=O) groups is 2. The van der Waals surface area contributed by atoms with Crippen molar-refractivity contribution >= 4 is 34.0 Å². The van der Waals surface area contributed by atoms with E-state index < -0.39 is 0 Å². The minimum atomic E-state index is -0.320. The van der Waals surface area contributed by atoms with Gasteiger partial charge in [0.2, 0.25) is 0 Å². The summed E-state index contributed by atoms with van der Waals surface area (Å²) in [5.41, 5.74) is 9.51. The van der Waals surface area contributed by atoms with Gasteiger partial charge in [0.25, 0.3) is 0 Å². The van der Waals surface area contributed by atoms with Crippen molar-refractivity contribution in [2.75, 3.05) is 0 Å². The number of Topliss-reactive ketones (excluding diaryl/α,β-unsaturated/α-hetero) is 2. The summed E-state index contributed by atoms with van der Waals surface area (Å²) < 4.78 is 6.25. The van der Waals surface area contributed by atoms with Gasteiger partial charge < -0.3 is 4.74 Å². The maximum Gasteiger partial charge on any atom is 0.163 e. The number of thiophene rings is 1. The first-order valence-electron chi connectivity index (χ1n) is 16.5. The SMILES string of the molecule is O=C1CCCC2=C1C(c1ccc(-c3ccc(C(=C(c4ccccc4)c4ccccc4)c4ccccc4)cc3)s1)C1=C(CCCC1=O)O2. The Hall–Kier alpha value is -5.06. The van der Waals surface area contributed by atoms with Crippen molar-refractivity contribution in [3.05, 3.63) is 177 Å². The maximum atomic E-state index is 13.3. The van der Waals surface area contributed by atoms with Gasteiger partial charge in [0.05, 0.1) is 5.92 Å². The molecule has 8 rings (SSSR count). The van der Waals surface area contributed by atoms with Crippen LogP contribution < -0.4 is 0 Å². The highest BCUT2D eigenvalue weighted by Gasteiger charge is 2.42. The Morgan fingerprint density at radius 1 is 0.511 bits per heavy atom. The van der Waals surface area contributed by atoms with Gasteiger partial charge in [0, 0.05) is 46.6 Å². The Morgan fingerprint density at radius 2 is 0.957 bits per heavy atom. The van der Waals surface area contributed by atoms with Crippen LogP contribution in [-0.2, 0) is 14.3 Å². The largest absolute Gasteiger partial charge is 0.465 e. The lowest BCUT2D eigenvalue weighted by Crippen LogP contribution is -2.29. The molecule has 0 unspecified atom stereocenters. The number of hydrogen-bond donors (Lipinski definition) is 0. The third-order valence-corrected chi connectivity index (χ3v) is 10.6. The Balaban J connectivity index is 1.21. The van der Waals surface area contributed by atoms with Gasteiger partial charge in [0.15, 0.2) is 11.6 Å². The van der Waals surface area contributed by atoms with Gasteiger partial charge in [-0.2, -0.15) is 0 Å². The zero-order valence-corrected chi connectivity index (χ0v) is 26.9. The van der Waals surface area contributed by atoms with Crippen LogP contribution in [0.15, 0.2) is 150 Å². The minimum absolute atomic E-state index is 0.119. The van der Waals surface area contributed by atoms with Crippen LogP contribution >= 0.6 is 11.3 Å². The van der Waals surface area contributed by atoms with E-state index in [9.17, 15) is 9.59 Å². The van der Waals surface area contributed by atoms with Crippen molar-refractivity contribution in [1.29, 1.82) is 0 Å². The Labute approximate surface area is 279 Å². The smallest absolute Gasteiger partial charge is 0.163 e. The highest BCUT2D eigenvalue weighted by molar-refractivity contribution is 7.15. The minimum Gasteiger partial charge on any atom is -0.465 e. The third kappa shape index (κ3) is 5.53. The van der Waals surface area contributed by atoms with Crippen LogP contribution in [-0.4, -0.2) is 11.6 Å². The fraction of sp³-hybridized carbons (Fsp3) is 0.163. The molecule has 0 spiro atoms. The van der Waals surface area contributed by atoms with Crippen LogP contribution in [0.4, 0.5) is 0 Å². The van der Waals surface area contributed by atoms with E-state index in [1.165, 1.54) is 11.1 Å². The lowest BCUT2D eigenvalue weighted by Gasteiger charge is -2.35. The van der Waals surface area contributed by atoms with Gasteiger partial charge in [-0.05, 0) is 63.9 Å². The lowest BCUT2D eigenvalue weighted by atomic mass is 9.75. The number of benzene rings is 4. The van der Waals surface area contributed by atoms with Crippen molar-refractivity contribution in [2.45, 2.75) is 44.4 Å². The Morgan fingerprint density at radius 3 is 1.43 bits per heavy atom. The van der Waals surface area contributed by atoms with Crippen molar-refractivity contribution < 1.29 is 14.3 Å². The van der Waals surface area contributed by atoms with Crippen molar-refractivity contribution in [2.24, 2.45) is 0 Å².